The van der Waals surface area contributed by atoms with E-state index in [9.17, 15) is 9.59 Å². The number of carbonyl (C=O) groups excluding carboxylic acids is 2. The van der Waals surface area contributed by atoms with E-state index in [1.54, 1.807) is 12.1 Å². The monoisotopic (exact) mass is 282 g/mol. The maximum atomic E-state index is 11.9. The highest BCUT2D eigenvalue weighted by Gasteiger charge is 2.10. The summed E-state index contributed by atoms with van der Waals surface area (Å²) < 4.78 is 0. The maximum Gasteiger partial charge on any atom is 0.273 e. The van der Waals surface area contributed by atoms with E-state index in [1.165, 1.54) is 12.5 Å². The van der Waals surface area contributed by atoms with Gasteiger partial charge >= 0.3 is 0 Å². The fraction of sp³-hybridized carbons (Fsp3) is 0.133. The number of imidazole rings is 1. The molecule has 0 atom stereocenters. The van der Waals surface area contributed by atoms with E-state index < -0.39 is 0 Å². The largest absolute Gasteiger partial charge is 0.352 e. The summed E-state index contributed by atoms with van der Waals surface area (Å²) in [4.78, 5) is 33.2. The Bertz CT molecular complexity index is 802. The molecule has 0 aliphatic rings. The van der Waals surface area contributed by atoms with Crippen LogP contribution in [0.15, 0.2) is 36.8 Å². The van der Waals surface area contributed by atoms with Gasteiger partial charge in [0.2, 0.25) is 0 Å². The van der Waals surface area contributed by atoms with Crippen molar-refractivity contribution in [2.45, 2.75) is 13.3 Å². The van der Waals surface area contributed by atoms with Crippen molar-refractivity contribution in [1.82, 2.24) is 15.0 Å². The van der Waals surface area contributed by atoms with Gasteiger partial charge in [-0.15, -0.1) is 0 Å². The van der Waals surface area contributed by atoms with Crippen LogP contribution in [0.5, 0.6) is 0 Å². The van der Waals surface area contributed by atoms with Crippen LogP contribution in [-0.4, -0.2) is 26.6 Å². The lowest BCUT2D eigenvalue weighted by molar-refractivity contribution is 0.0982. The van der Waals surface area contributed by atoms with Gasteiger partial charge < -0.3 is 15.3 Å². The summed E-state index contributed by atoms with van der Waals surface area (Å²) in [6, 6.07) is 7.25. The first-order valence-corrected chi connectivity index (χ1v) is 6.63. The van der Waals surface area contributed by atoms with Gasteiger partial charge in [0.05, 0.1) is 18.2 Å². The summed E-state index contributed by atoms with van der Waals surface area (Å²) in [5.74, 6) is -0.193. The summed E-state index contributed by atoms with van der Waals surface area (Å²) in [5, 5.41) is 3.66. The molecule has 0 fully saturated rings. The highest BCUT2D eigenvalue weighted by Crippen LogP contribution is 2.21. The van der Waals surface area contributed by atoms with Crippen molar-refractivity contribution < 1.29 is 9.59 Å². The van der Waals surface area contributed by atoms with E-state index in [-0.39, 0.29) is 11.7 Å². The average molecular weight is 282 g/mol. The number of nitrogens with one attached hydrogen (secondary N) is 3. The van der Waals surface area contributed by atoms with Crippen LogP contribution < -0.4 is 5.32 Å². The Hall–Kier alpha value is -2.89. The quantitative estimate of drug-likeness (QED) is 0.642. The van der Waals surface area contributed by atoms with Gasteiger partial charge in [0, 0.05) is 23.0 Å². The molecular formula is C15H14N4O2. The number of hydrogen-bond donors (Lipinski definition) is 3. The summed E-state index contributed by atoms with van der Waals surface area (Å²) >= 11 is 0. The van der Waals surface area contributed by atoms with Crippen molar-refractivity contribution in [2.24, 2.45) is 0 Å². The molecule has 2 heterocycles. The van der Waals surface area contributed by atoms with Crippen molar-refractivity contribution in [2.75, 3.05) is 5.32 Å². The zero-order valence-electron chi connectivity index (χ0n) is 11.4. The minimum atomic E-state index is -0.257. The van der Waals surface area contributed by atoms with Crippen molar-refractivity contribution in [3.05, 3.63) is 48.2 Å². The van der Waals surface area contributed by atoms with E-state index in [0.29, 0.717) is 23.5 Å². The van der Waals surface area contributed by atoms with E-state index in [0.717, 1.165) is 10.9 Å². The van der Waals surface area contributed by atoms with Crippen molar-refractivity contribution in [1.29, 1.82) is 0 Å². The number of H-pyrrole nitrogens is 2. The lowest BCUT2D eigenvalue weighted by atomic mass is 10.2. The average Bonchev–Trinajstić information content (AvgIpc) is 3.15. The third-order valence-corrected chi connectivity index (χ3v) is 3.24. The zero-order valence-corrected chi connectivity index (χ0v) is 11.4. The van der Waals surface area contributed by atoms with E-state index in [2.05, 4.69) is 20.3 Å². The minimum absolute atomic E-state index is 0.0641. The molecule has 0 bridgehead atoms. The van der Waals surface area contributed by atoms with Gasteiger partial charge in [0.15, 0.2) is 5.78 Å². The highest BCUT2D eigenvalue weighted by atomic mass is 16.2. The Morgan fingerprint density at radius 1 is 1.24 bits per heavy atom. The number of rotatable bonds is 4. The molecule has 6 nitrogen and oxygen atoms in total. The van der Waals surface area contributed by atoms with Crippen LogP contribution in [-0.2, 0) is 0 Å². The number of aromatic nitrogens is 3. The molecular weight excluding hydrogens is 268 g/mol. The Morgan fingerprint density at radius 2 is 2.10 bits per heavy atom. The summed E-state index contributed by atoms with van der Waals surface area (Å²) in [5.41, 5.74) is 2.51. The number of aromatic amines is 2. The van der Waals surface area contributed by atoms with Gasteiger partial charge in [0.25, 0.3) is 5.91 Å². The van der Waals surface area contributed by atoms with Crippen molar-refractivity contribution >= 4 is 28.3 Å². The van der Waals surface area contributed by atoms with Gasteiger partial charge in [-0.3, -0.25) is 9.59 Å². The summed E-state index contributed by atoms with van der Waals surface area (Å²) in [6.07, 6.45) is 3.37. The number of fused-ring (bicyclic) bond motifs is 1. The van der Waals surface area contributed by atoms with Crippen LogP contribution in [0.4, 0.5) is 5.69 Å². The first kappa shape index (κ1) is 13.1. The molecule has 0 radical (unpaired) electrons. The maximum absolute atomic E-state index is 11.9. The highest BCUT2D eigenvalue weighted by molar-refractivity contribution is 6.04. The standard InChI is InChI=1S/C15H14N4O2/c1-2-14(20)12-6-9-5-10(3-4-11(9)19-12)18-15(21)13-7-16-8-17-13/h3-8,19H,2H2,1H3,(H,16,17)(H,18,21). The third-order valence-electron chi connectivity index (χ3n) is 3.24. The molecule has 3 rings (SSSR count). The molecule has 6 heteroatoms. The number of nitrogens with zero attached hydrogens (tertiary/aromatic N) is 1. The predicted octanol–water partition coefficient (Wildman–Crippen LogP) is 2.74. The number of Topliss-reactive ketones (excluding diaryl/α,β-unsaturated/α-hetero) is 1. The molecule has 2 aromatic heterocycles. The third kappa shape index (κ3) is 2.55. The Morgan fingerprint density at radius 3 is 2.81 bits per heavy atom. The van der Waals surface area contributed by atoms with Crippen molar-refractivity contribution in [3.63, 3.8) is 0 Å². The van der Waals surface area contributed by atoms with Crippen LogP contribution in [0.1, 0.15) is 34.3 Å². The van der Waals surface area contributed by atoms with Gasteiger partial charge in [-0.25, -0.2) is 4.98 Å². The summed E-state index contributed by atoms with van der Waals surface area (Å²) in [6.45, 7) is 1.82. The SMILES string of the molecule is CCC(=O)c1cc2cc(NC(=O)c3cnc[nH]3)ccc2[nH]1. The molecule has 106 valence electrons. The van der Waals surface area contributed by atoms with Crippen LogP contribution in [0.2, 0.25) is 0 Å². The second-order valence-electron chi connectivity index (χ2n) is 4.68. The lowest BCUT2D eigenvalue weighted by Crippen LogP contribution is -2.11. The van der Waals surface area contributed by atoms with Crippen LogP contribution >= 0.6 is 0 Å². The van der Waals surface area contributed by atoms with E-state index in [4.69, 9.17) is 0 Å². The number of hydrogen-bond acceptors (Lipinski definition) is 3. The molecule has 21 heavy (non-hydrogen) atoms. The predicted molar refractivity (Wildman–Crippen MR) is 79.5 cm³/mol. The van der Waals surface area contributed by atoms with Gasteiger partial charge in [-0.2, -0.15) is 0 Å². The number of ketones is 1. The van der Waals surface area contributed by atoms with Crippen LogP contribution in [0, 0.1) is 0 Å². The van der Waals surface area contributed by atoms with Gasteiger partial charge in [0.1, 0.15) is 5.69 Å². The van der Waals surface area contributed by atoms with Gasteiger partial charge in [-0.1, -0.05) is 6.92 Å². The normalized spacial score (nSPS) is 10.7. The molecule has 3 N–H and O–H groups in total. The molecule has 0 unspecified atom stereocenters. The van der Waals surface area contributed by atoms with Gasteiger partial charge in [-0.05, 0) is 24.3 Å². The number of anilines is 1. The smallest absolute Gasteiger partial charge is 0.273 e. The zero-order chi connectivity index (χ0) is 14.8. The molecule has 3 aromatic rings. The Labute approximate surface area is 120 Å². The molecule has 1 aromatic carbocycles. The molecule has 1 amide bonds. The summed E-state index contributed by atoms with van der Waals surface area (Å²) in [7, 11) is 0. The fourth-order valence-electron chi connectivity index (χ4n) is 2.13. The molecule has 0 saturated heterocycles. The number of amides is 1. The van der Waals surface area contributed by atoms with Crippen LogP contribution in [0.25, 0.3) is 10.9 Å². The van der Waals surface area contributed by atoms with E-state index >= 15 is 0 Å². The Balaban J connectivity index is 1.87. The first-order chi connectivity index (χ1) is 10.2. The van der Waals surface area contributed by atoms with Crippen molar-refractivity contribution in [3.8, 4) is 0 Å². The molecule has 0 saturated carbocycles. The van der Waals surface area contributed by atoms with Crippen LogP contribution in [0.3, 0.4) is 0 Å². The number of benzene rings is 1. The topological polar surface area (TPSA) is 90.6 Å². The molecule has 0 aliphatic heterocycles. The Kier molecular flexibility index (Phi) is 3.27. The lowest BCUT2D eigenvalue weighted by Gasteiger charge is -2.03. The first-order valence-electron chi connectivity index (χ1n) is 6.63. The second-order valence-corrected chi connectivity index (χ2v) is 4.68. The molecule has 0 aliphatic carbocycles. The minimum Gasteiger partial charge on any atom is -0.352 e. The second kappa shape index (κ2) is 5.24. The number of carbonyl (C=O) groups is 2. The molecule has 0 spiro atoms. The fourth-order valence-corrected chi connectivity index (χ4v) is 2.13. The van der Waals surface area contributed by atoms with E-state index in [1.807, 2.05) is 19.1 Å².